The summed E-state index contributed by atoms with van der Waals surface area (Å²) in [6.07, 6.45) is 0. The van der Waals surface area contributed by atoms with Gasteiger partial charge in [-0.1, -0.05) is 29.8 Å². The Bertz CT molecular complexity index is 542. The number of benzene rings is 1. The molecule has 1 saturated heterocycles. The molecule has 0 unspecified atom stereocenters. The summed E-state index contributed by atoms with van der Waals surface area (Å²) in [5.41, 5.74) is 1.95. The Morgan fingerprint density at radius 3 is 2.94 bits per heavy atom. The molecule has 3 rings (SSSR count). The van der Waals surface area contributed by atoms with Crippen LogP contribution < -0.4 is 5.32 Å². The van der Waals surface area contributed by atoms with E-state index < -0.39 is 0 Å². The summed E-state index contributed by atoms with van der Waals surface area (Å²) in [7, 11) is 0. The summed E-state index contributed by atoms with van der Waals surface area (Å²) in [4.78, 5) is 4.42. The summed E-state index contributed by atoms with van der Waals surface area (Å²) in [6, 6.07) is 10.2. The van der Waals surface area contributed by atoms with Crippen molar-refractivity contribution >= 4 is 34.9 Å². The van der Waals surface area contributed by atoms with Crippen molar-refractivity contribution in [2.24, 2.45) is 0 Å². The molecule has 1 aromatic heterocycles. The second-order valence-electron chi connectivity index (χ2n) is 4.14. The molecule has 18 heavy (non-hydrogen) atoms. The van der Waals surface area contributed by atoms with Gasteiger partial charge in [-0.15, -0.1) is 12.4 Å². The molecule has 3 nitrogen and oxygen atoms in total. The molecule has 0 spiro atoms. The van der Waals surface area contributed by atoms with Crippen LogP contribution in [0.3, 0.4) is 0 Å². The van der Waals surface area contributed by atoms with Gasteiger partial charge >= 0.3 is 0 Å². The monoisotopic (exact) mass is 284 g/mol. The van der Waals surface area contributed by atoms with Gasteiger partial charge in [0.2, 0.25) is 0 Å². The van der Waals surface area contributed by atoms with Gasteiger partial charge in [0.25, 0.3) is 0 Å². The first-order valence-corrected chi connectivity index (χ1v) is 6.09. The van der Waals surface area contributed by atoms with E-state index in [9.17, 15) is 0 Å². The molecule has 0 radical (unpaired) electrons. The lowest BCUT2D eigenvalue weighted by Crippen LogP contribution is -2.34. The van der Waals surface area contributed by atoms with Crippen LogP contribution in [0.15, 0.2) is 30.3 Å². The van der Waals surface area contributed by atoms with Gasteiger partial charge in [-0.3, -0.25) is 0 Å². The zero-order valence-electron chi connectivity index (χ0n) is 9.73. The van der Waals surface area contributed by atoms with E-state index in [4.69, 9.17) is 16.3 Å². The molecule has 2 heterocycles. The van der Waals surface area contributed by atoms with Crippen molar-refractivity contribution in [2.45, 2.75) is 6.04 Å². The highest BCUT2D eigenvalue weighted by Crippen LogP contribution is 2.26. The summed E-state index contributed by atoms with van der Waals surface area (Å²) in [5.74, 6) is 0. The van der Waals surface area contributed by atoms with Gasteiger partial charge in [0.1, 0.15) is 5.15 Å². The zero-order chi connectivity index (χ0) is 11.7. The van der Waals surface area contributed by atoms with Crippen molar-refractivity contribution in [1.82, 2.24) is 10.3 Å². The normalized spacial score (nSPS) is 19.5. The van der Waals surface area contributed by atoms with Crippen molar-refractivity contribution in [2.75, 3.05) is 19.8 Å². The summed E-state index contributed by atoms with van der Waals surface area (Å²) < 4.78 is 5.45. The fraction of sp³-hybridized carbons (Fsp3) is 0.308. The Hall–Kier alpha value is -0.870. The maximum absolute atomic E-state index is 6.23. The number of morpholine rings is 1. The second kappa shape index (κ2) is 5.85. The molecule has 1 aliphatic heterocycles. The van der Waals surface area contributed by atoms with Crippen LogP contribution in [0.1, 0.15) is 11.6 Å². The smallest absolute Gasteiger partial charge is 0.134 e. The molecule has 0 saturated carbocycles. The lowest BCUT2D eigenvalue weighted by Gasteiger charge is -2.24. The highest BCUT2D eigenvalue weighted by atomic mass is 35.5. The molecule has 1 aliphatic rings. The predicted molar refractivity (Wildman–Crippen MR) is 75.6 cm³/mol. The van der Waals surface area contributed by atoms with E-state index in [1.54, 1.807) is 0 Å². The van der Waals surface area contributed by atoms with Gasteiger partial charge in [0.15, 0.2) is 0 Å². The molecule has 5 heteroatoms. The van der Waals surface area contributed by atoms with Crippen LogP contribution in [-0.2, 0) is 4.74 Å². The SMILES string of the molecule is Cl.Clc1nc2ccccc2cc1[C@H]1COCCN1. The van der Waals surface area contributed by atoms with E-state index >= 15 is 0 Å². The highest BCUT2D eigenvalue weighted by molar-refractivity contribution is 6.30. The van der Waals surface area contributed by atoms with Crippen molar-refractivity contribution in [3.63, 3.8) is 0 Å². The van der Waals surface area contributed by atoms with E-state index in [2.05, 4.69) is 16.4 Å². The summed E-state index contributed by atoms with van der Waals surface area (Å²) in [6.45, 7) is 2.27. The van der Waals surface area contributed by atoms with Gasteiger partial charge in [0.05, 0.1) is 24.8 Å². The van der Waals surface area contributed by atoms with Gasteiger partial charge in [0, 0.05) is 17.5 Å². The quantitative estimate of drug-likeness (QED) is 0.818. The fourth-order valence-corrected chi connectivity index (χ4v) is 2.40. The minimum Gasteiger partial charge on any atom is -0.378 e. The molecule has 2 aromatic rings. The van der Waals surface area contributed by atoms with Gasteiger partial charge in [-0.2, -0.15) is 0 Å². The van der Waals surface area contributed by atoms with E-state index in [1.807, 2.05) is 24.3 Å². The number of hydrogen-bond acceptors (Lipinski definition) is 3. The number of ether oxygens (including phenoxy) is 1. The third-order valence-electron chi connectivity index (χ3n) is 3.00. The number of para-hydroxylation sites is 1. The van der Waals surface area contributed by atoms with Gasteiger partial charge < -0.3 is 10.1 Å². The maximum atomic E-state index is 6.23. The molecular formula is C13H14Cl2N2O. The molecule has 1 fully saturated rings. The zero-order valence-corrected chi connectivity index (χ0v) is 11.3. The molecule has 1 atom stereocenters. The van der Waals surface area contributed by atoms with Crippen LogP contribution in [0.4, 0.5) is 0 Å². The Kier molecular flexibility index (Phi) is 4.40. The van der Waals surface area contributed by atoms with Crippen LogP contribution in [0.5, 0.6) is 0 Å². The Morgan fingerprint density at radius 1 is 1.33 bits per heavy atom. The van der Waals surface area contributed by atoms with Crippen molar-refractivity contribution in [3.8, 4) is 0 Å². The van der Waals surface area contributed by atoms with Crippen LogP contribution in [0, 0.1) is 0 Å². The molecule has 96 valence electrons. The minimum absolute atomic E-state index is 0. The minimum atomic E-state index is 0. The second-order valence-corrected chi connectivity index (χ2v) is 4.50. The Balaban J connectivity index is 0.00000120. The van der Waals surface area contributed by atoms with E-state index in [0.717, 1.165) is 29.6 Å². The van der Waals surface area contributed by atoms with Crippen molar-refractivity contribution in [3.05, 3.63) is 41.0 Å². The molecule has 0 aliphatic carbocycles. The maximum Gasteiger partial charge on any atom is 0.134 e. The van der Waals surface area contributed by atoms with Crippen LogP contribution >= 0.6 is 24.0 Å². The molecule has 1 N–H and O–H groups in total. The van der Waals surface area contributed by atoms with Crippen LogP contribution in [0.2, 0.25) is 5.15 Å². The number of rotatable bonds is 1. The van der Waals surface area contributed by atoms with E-state index in [1.165, 1.54) is 0 Å². The third kappa shape index (κ3) is 2.59. The third-order valence-corrected chi connectivity index (χ3v) is 3.30. The number of fused-ring (bicyclic) bond motifs is 1. The number of hydrogen-bond donors (Lipinski definition) is 1. The van der Waals surface area contributed by atoms with Crippen molar-refractivity contribution in [1.29, 1.82) is 0 Å². The molecule has 1 aromatic carbocycles. The van der Waals surface area contributed by atoms with Crippen LogP contribution in [-0.4, -0.2) is 24.7 Å². The molecular weight excluding hydrogens is 271 g/mol. The number of nitrogens with one attached hydrogen (secondary N) is 1. The van der Waals surface area contributed by atoms with Gasteiger partial charge in [-0.25, -0.2) is 4.98 Å². The number of nitrogens with zero attached hydrogens (tertiary/aromatic N) is 1. The average molecular weight is 285 g/mol. The lowest BCUT2D eigenvalue weighted by molar-refractivity contribution is 0.0768. The van der Waals surface area contributed by atoms with Crippen molar-refractivity contribution < 1.29 is 4.74 Å². The fourth-order valence-electron chi connectivity index (χ4n) is 2.12. The standard InChI is InChI=1S/C13H13ClN2O.ClH/c14-13-10(12-8-17-6-5-15-12)7-9-3-1-2-4-11(9)16-13;/h1-4,7,12,15H,5-6,8H2;1H/t12-;/m1./s1. The first-order valence-electron chi connectivity index (χ1n) is 5.71. The molecule has 0 amide bonds. The van der Waals surface area contributed by atoms with Crippen LogP contribution in [0.25, 0.3) is 10.9 Å². The van der Waals surface area contributed by atoms with E-state index in [-0.39, 0.29) is 18.4 Å². The number of pyridine rings is 1. The lowest BCUT2D eigenvalue weighted by atomic mass is 10.1. The Morgan fingerprint density at radius 2 is 2.17 bits per heavy atom. The summed E-state index contributed by atoms with van der Waals surface area (Å²) in [5, 5.41) is 5.06. The number of halogens is 2. The topological polar surface area (TPSA) is 34.1 Å². The number of aromatic nitrogens is 1. The first-order chi connectivity index (χ1) is 8.34. The largest absolute Gasteiger partial charge is 0.378 e. The Labute approximate surface area is 117 Å². The van der Waals surface area contributed by atoms with Gasteiger partial charge in [-0.05, 0) is 12.1 Å². The highest BCUT2D eigenvalue weighted by Gasteiger charge is 2.19. The summed E-state index contributed by atoms with van der Waals surface area (Å²) >= 11 is 6.23. The predicted octanol–water partition coefficient (Wildman–Crippen LogP) is 2.97. The van der Waals surface area contributed by atoms with E-state index in [0.29, 0.717) is 11.8 Å². The first kappa shape index (κ1) is 13.6. The molecule has 0 bridgehead atoms. The average Bonchev–Trinajstić information content (AvgIpc) is 2.39.